The zero-order valence-corrected chi connectivity index (χ0v) is 11.4. The Bertz CT molecular complexity index is 384. The van der Waals surface area contributed by atoms with Crippen molar-refractivity contribution in [2.75, 3.05) is 25.0 Å². The molecule has 0 aromatic heterocycles. The molecule has 3 nitrogen and oxygen atoms in total. The summed E-state index contributed by atoms with van der Waals surface area (Å²) in [4.78, 5) is 0. The second-order valence-electron chi connectivity index (χ2n) is 5.57. The highest BCUT2D eigenvalue weighted by molar-refractivity contribution is 5.52. The van der Waals surface area contributed by atoms with Crippen LogP contribution in [0.3, 0.4) is 0 Å². The van der Waals surface area contributed by atoms with Crippen LogP contribution in [0, 0.1) is 0 Å². The Kier molecular flexibility index (Phi) is 4.25. The van der Waals surface area contributed by atoms with Crippen molar-refractivity contribution in [2.45, 2.75) is 38.2 Å². The van der Waals surface area contributed by atoms with Crippen LogP contribution in [0.2, 0.25) is 0 Å². The SMILES string of the molecule is CC(C)c1ccccc1NCC1(O)CCNCC1. The molecule has 1 aromatic carbocycles. The van der Waals surface area contributed by atoms with E-state index in [-0.39, 0.29) is 0 Å². The van der Waals surface area contributed by atoms with Gasteiger partial charge in [-0.25, -0.2) is 0 Å². The molecule has 3 N–H and O–H groups in total. The highest BCUT2D eigenvalue weighted by Crippen LogP contribution is 2.25. The highest BCUT2D eigenvalue weighted by Gasteiger charge is 2.28. The first-order valence-electron chi connectivity index (χ1n) is 6.87. The van der Waals surface area contributed by atoms with Gasteiger partial charge in [0, 0.05) is 12.2 Å². The van der Waals surface area contributed by atoms with Crippen molar-refractivity contribution in [1.82, 2.24) is 5.32 Å². The van der Waals surface area contributed by atoms with Crippen molar-refractivity contribution in [3.8, 4) is 0 Å². The zero-order chi connectivity index (χ0) is 13.0. The van der Waals surface area contributed by atoms with Crippen LogP contribution in [0.25, 0.3) is 0 Å². The second-order valence-corrected chi connectivity index (χ2v) is 5.57. The first-order chi connectivity index (χ1) is 8.61. The third-order valence-electron chi connectivity index (χ3n) is 3.72. The first kappa shape index (κ1) is 13.4. The Labute approximate surface area is 110 Å². The van der Waals surface area contributed by atoms with Gasteiger partial charge in [0.2, 0.25) is 0 Å². The Balaban J connectivity index is 2.01. The number of hydrogen-bond donors (Lipinski definition) is 3. The van der Waals surface area contributed by atoms with E-state index in [9.17, 15) is 5.11 Å². The van der Waals surface area contributed by atoms with Crippen molar-refractivity contribution in [3.63, 3.8) is 0 Å². The van der Waals surface area contributed by atoms with Crippen LogP contribution in [0.15, 0.2) is 24.3 Å². The van der Waals surface area contributed by atoms with Gasteiger partial charge >= 0.3 is 0 Å². The Morgan fingerprint density at radius 1 is 1.28 bits per heavy atom. The summed E-state index contributed by atoms with van der Waals surface area (Å²) in [6.07, 6.45) is 1.65. The van der Waals surface area contributed by atoms with E-state index in [1.165, 1.54) is 5.56 Å². The van der Waals surface area contributed by atoms with Crippen LogP contribution in [0.4, 0.5) is 5.69 Å². The van der Waals surface area contributed by atoms with Gasteiger partial charge in [0.1, 0.15) is 0 Å². The standard InChI is InChI=1S/C15H24N2O/c1-12(2)13-5-3-4-6-14(13)17-11-15(18)7-9-16-10-8-15/h3-6,12,16-18H,7-11H2,1-2H3. The minimum atomic E-state index is -0.560. The predicted molar refractivity (Wildman–Crippen MR) is 76.1 cm³/mol. The first-order valence-corrected chi connectivity index (χ1v) is 6.87. The summed E-state index contributed by atoms with van der Waals surface area (Å²) in [6.45, 7) is 6.84. The summed E-state index contributed by atoms with van der Waals surface area (Å²) in [7, 11) is 0. The van der Waals surface area contributed by atoms with Gasteiger partial charge in [0.05, 0.1) is 5.60 Å². The normalized spacial score (nSPS) is 18.9. The average Bonchev–Trinajstić information content (AvgIpc) is 2.38. The topological polar surface area (TPSA) is 44.3 Å². The molecule has 2 rings (SSSR count). The maximum atomic E-state index is 10.5. The Morgan fingerprint density at radius 3 is 2.61 bits per heavy atom. The van der Waals surface area contributed by atoms with Gasteiger partial charge in [-0.2, -0.15) is 0 Å². The van der Waals surface area contributed by atoms with Crippen molar-refractivity contribution in [3.05, 3.63) is 29.8 Å². The number of aliphatic hydroxyl groups is 1. The van der Waals surface area contributed by atoms with Crippen LogP contribution in [0.5, 0.6) is 0 Å². The summed E-state index contributed by atoms with van der Waals surface area (Å²) in [5.41, 5.74) is 1.91. The van der Waals surface area contributed by atoms with Gasteiger partial charge in [-0.15, -0.1) is 0 Å². The molecule has 18 heavy (non-hydrogen) atoms. The van der Waals surface area contributed by atoms with E-state index in [1.54, 1.807) is 0 Å². The van der Waals surface area contributed by atoms with Gasteiger partial charge < -0.3 is 15.7 Å². The molecule has 1 aromatic rings. The Hall–Kier alpha value is -1.06. The summed E-state index contributed by atoms with van der Waals surface area (Å²) < 4.78 is 0. The van der Waals surface area contributed by atoms with E-state index in [1.807, 2.05) is 6.07 Å². The lowest BCUT2D eigenvalue weighted by Gasteiger charge is -2.33. The summed E-state index contributed by atoms with van der Waals surface area (Å²) in [6, 6.07) is 8.36. The summed E-state index contributed by atoms with van der Waals surface area (Å²) in [5, 5.41) is 17.2. The molecule has 1 saturated heterocycles. The van der Waals surface area contributed by atoms with Crippen molar-refractivity contribution in [1.29, 1.82) is 0 Å². The monoisotopic (exact) mass is 248 g/mol. The van der Waals surface area contributed by atoms with E-state index in [0.29, 0.717) is 12.5 Å². The van der Waals surface area contributed by atoms with Gasteiger partial charge in [0.15, 0.2) is 0 Å². The zero-order valence-electron chi connectivity index (χ0n) is 11.4. The number of anilines is 1. The van der Waals surface area contributed by atoms with Crippen LogP contribution < -0.4 is 10.6 Å². The predicted octanol–water partition coefficient (Wildman–Crippen LogP) is 2.34. The third kappa shape index (κ3) is 3.24. The van der Waals surface area contributed by atoms with Gasteiger partial charge in [0.25, 0.3) is 0 Å². The minimum absolute atomic E-state index is 0.497. The number of para-hydroxylation sites is 1. The van der Waals surface area contributed by atoms with Crippen LogP contribution in [-0.2, 0) is 0 Å². The highest BCUT2D eigenvalue weighted by atomic mass is 16.3. The molecule has 1 aliphatic rings. The largest absolute Gasteiger partial charge is 0.388 e. The molecule has 1 heterocycles. The third-order valence-corrected chi connectivity index (χ3v) is 3.72. The van der Waals surface area contributed by atoms with Gasteiger partial charge in [-0.05, 0) is 43.5 Å². The van der Waals surface area contributed by atoms with E-state index in [4.69, 9.17) is 0 Å². The molecule has 0 amide bonds. The molecule has 1 aliphatic heterocycles. The number of benzene rings is 1. The maximum Gasteiger partial charge on any atom is 0.0843 e. The second kappa shape index (κ2) is 5.72. The van der Waals surface area contributed by atoms with Crippen molar-refractivity contribution < 1.29 is 5.11 Å². The maximum absolute atomic E-state index is 10.5. The molecular formula is C15H24N2O. The van der Waals surface area contributed by atoms with E-state index >= 15 is 0 Å². The van der Waals surface area contributed by atoms with Crippen LogP contribution in [0.1, 0.15) is 38.2 Å². The molecule has 0 atom stereocenters. The van der Waals surface area contributed by atoms with Gasteiger partial charge in [-0.3, -0.25) is 0 Å². The molecule has 1 fully saturated rings. The fourth-order valence-corrected chi connectivity index (χ4v) is 2.49. The molecular weight excluding hydrogens is 224 g/mol. The van der Waals surface area contributed by atoms with Gasteiger partial charge in [-0.1, -0.05) is 32.0 Å². The number of hydrogen-bond acceptors (Lipinski definition) is 3. The average molecular weight is 248 g/mol. The van der Waals surface area contributed by atoms with Crippen molar-refractivity contribution >= 4 is 5.69 Å². The quantitative estimate of drug-likeness (QED) is 0.766. The van der Waals surface area contributed by atoms with Crippen LogP contribution in [-0.4, -0.2) is 30.3 Å². The lowest BCUT2D eigenvalue weighted by Crippen LogP contribution is -2.46. The fourth-order valence-electron chi connectivity index (χ4n) is 2.49. The molecule has 0 aliphatic carbocycles. The molecule has 0 radical (unpaired) electrons. The molecule has 0 bridgehead atoms. The molecule has 3 heteroatoms. The number of piperidine rings is 1. The molecule has 0 unspecified atom stereocenters. The van der Waals surface area contributed by atoms with Crippen LogP contribution >= 0.6 is 0 Å². The molecule has 100 valence electrons. The lowest BCUT2D eigenvalue weighted by molar-refractivity contribution is 0.0232. The summed E-state index contributed by atoms with van der Waals surface area (Å²) >= 11 is 0. The molecule has 0 spiro atoms. The van der Waals surface area contributed by atoms with E-state index in [2.05, 4.69) is 42.7 Å². The van der Waals surface area contributed by atoms with E-state index < -0.39 is 5.60 Å². The fraction of sp³-hybridized carbons (Fsp3) is 0.600. The number of rotatable bonds is 4. The number of nitrogens with one attached hydrogen (secondary N) is 2. The smallest absolute Gasteiger partial charge is 0.0843 e. The molecule has 0 saturated carbocycles. The lowest BCUT2D eigenvalue weighted by atomic mass is 9.92. The van der Waals surface area contributed by atoms with E-state index in [0.717, 1.165) is 31.6 Å². The van der Waals surface area contributed by atoms with Crippen molar-refractivity contribution in [2.24, 2.45) is 0 Å². The minimum Gasteiger partial charge on any atom is -0.388 e. The Morgan fingerprint density at radius 2 is 1.94 bits per heavy atom. The summed E-state index contributed by atoms with van der Waals surface area (Å²) in [5.74, 6) is 0.497.